The third kappa shape index (κ3) is 6.90. The maximum absolute atomic E-state index is 13.3. The Hall–Kier alpha value is -4.74. The number of carbonyl (C=O) groups is 2. The molecule has 2 aliphatic rings. The number of ether oxygens (including phenoxy) is 1. The van der Waals surface area contributed by atoms with Crippen LogP contribution in [0.2, 0.25) is 0 Å². The highest BCUT2D eigenvalue weighted by Crippen LogP contribution is 2.38. The van der Waals surface area contributed by atoms with Gasteiger partial charge in [0.15, 0.2) is 5.65 Å². The first kappa shape index (κ1) is 30.7. The van der Waals surface area contributed by atoms with E-state index in [2.05, 4.69) is 15.4 Å². The number of amides is 3. The maximum Gasteiger partial charge on any atom is 0.410 e. The summed E-state index contributed by atoms with van der Waals surface area (Å²) < 4.78 is 73.1. The molecular formula is C29H28F5N7O3. The lowest BCUT2D eigenvalue weighted by Crippen LogP contribution is -2.40. The Labute approximate surface area is 248 Å². The lowest BCUT2D eigenvalue weighted by atomic mass is 9.81. The fraction of sp³-hybridized carbons (Fsp3) is 0.414. The quantitative estimate of drug-likeness (QED) is 0.301. The van der Waals surface area contributed by atoms with Crippen molar-refractivity contribution in [3.8, 4) is 6.07 Å². The summed E-state index contributed by atoms with van der Waals surface area (Å²) in [5.41, 5.74) is 1.78. The van der Waals surface area contributed by atoms with Crippen LogP contribution in [0.25, 0.3) is 5.65 Å². The van der Waals surface area contributed by atoms with Gasteiger partial charge in [0.05, 0.1) is 49.2 Å². The summed E-state index contributed by atoms with van der Waals surface area (Å²) in [6.45, 7) is -0.659. The number of hydrogen-bond acceptors (Lipinski definition) is 6. The summed E-state index contributed by atoms with van der Waals surface area (Å²) in [7, 11) is 0. The Morgan fingerprint density at radius 1 is 1.20 bits per heavy atom. The first-order valence-electron chi connectivity index (χ1n) is 13.9. The van der Waals surface area contributed by atoms with E-state index >= 15 is 0 Å². The van der Waals surface area contributed by atoms with Gasteiger partial charge in [-0.25, -0.2) is 19.1 Å². The first-order valence-corrected chi connectivity index (χ1v) is 13.9. The number of imidazole rings is 1. The Balaban J connectivity index is 1.40. The van der Waals surface area contributed by atoms with Crippen LogP contribution in [0, 0.1) is 17.2 Å². The normalized spacial score (nSPS) is 20.1. The highest BCUT2D eigenvalue weighted by molar-refractivity contribution is 5.77. The van der Waals surface area contributed by atoms with Crippen molar-refractivity contribution in [3.63, 3.8) is 0 Å². The SMILES string of the molecule is N#CCC(c1cnn2cc([C@@H](NC(=O)OCc3ccccc3)C3CCC(=C(F)F)CC3)nc2c1)N1C[C@@H](C(F)(F)F)NC1=O. The van der Waals surface area contributed by atoms with E-state index < -0.39 is 49.1 Å². The third-order valence-electron chi connectivity index (χ3n) is 7.92. The van der Waals surface area contributed by atoms with Crippen LogP contribution in [0.4, 0.5) is 31.5 Å². The zero-order valence-corrected chi connectivity index (χ0v) is 23.2. The topological polar surface area (TPSA) is 125 Å². The summed E-state index contributed by atoms with van der Waals surface area (Å²) in [6.07, 6.45) is -3.43. The number of fused-ring (bicyclic) bond motifs is 1. The molecule has 1 saturated heterocycles. The number of nitrogens with zero attached hydrogens (tertiary/aromatic N) is 5. The van der Waals surface area contributed by atoms with Crippen LogP contribution in [0.5, 0.6) is 0 Å². The molecule has 3 aromatic rings. The molecule has 2 N–H and O–H groups in total. The molecule has 3 atom stereocenters. The standard InChI is InChI=1S/C29H28F5N7O3/c30-26(31)19-8-6-18(7-9-19)25(39-28(43)44-16-17-4-2-1-3-5-17)21-14-41-24(37-21)12-20(13-36-41)22(10-11-35)40-15-23(29(32,33)34)38-27(40)42/h1-5,12-14,18,22-23,25H,6-10,15-16H2,(H,38,42)(H,39,43)/t22?,23-,25-/m0/s1. The molecule has 0 radical (unpaired) electrons. The number of benzene rings is 1. The second kappa shape index (κ2) is 12.9. The van der Waals surface area contributed by atoms with Crippen LogP contribution < -0.4 is 10.6 Å². The predicted molar refractivity (Wildman–Crippen MR) is 145 cm³/mol. The van der Waals surface area contributed by atoms with Gasteiger partial charge in [-0.15, -0.1) is 0 Å². The molecule has 5 rings (SSSR count). The second-order valence-electron chi connectivity index (χ2n) is 10.7. The van der Waals surface area contributed by atoms with Gasteiger partial charge in [-0.2, -0.15) is 32.3 Å². The summed E-state index contributed by atoms with van der Waals surface area (Å²) in [5, 5.41) is 18.4. The Morgan fingerprint density at radius 3 is 2.57 bits per heavy atom. The van der Waals surface area contributed by atoms with Gasteiger partial charge in [0.25, 0.3) is 6.08 Å². The average molecular weight is 618 g/mol. The van der Waals surface area contributed by atoms with Crippen molar-refractivity contribution in [2.75, 3.05) is 6.54 Å². The fourth-order valence-corrected chi connectivity index (χ4v) is 5.58. The molecule has 2 aromatic heterocycles. The van der Waals surface area contributed by atoms with Crippen molar-refractivity contribution in [1.82, 2.24) is 30.1 Å². The van der Waals surface area contributed by atoms with E-state index in [4.69, 9.17) is 4.74 Å². The lowest BCUT2D eigenvalue weighted by Gasteiger charge is -2.30. The van der Waals surface area contributed by atoms with Gasteiger partial charge in [0.2, 0.25) is 0 Å². The van der Waals surface area contributed by atoms with Gasteiger partial charge in [-0.05, 0) is 54.4 Å². The van der Waals surface area contributed by atoms with Gasteiger partial charge >= 0.3 is 18.3 Å². The van der Waals surface area contributed by atoms with Crippen molar-refractivity contribution < 1.29 is 36.3 Å². The van der Waals surface area contributed by atoms with E-state index in [1.54, 1.807) is 30.5 Å². The third-order valence-corrected chi connectivity index (χ3v) is 7.92. The highest BCUT2D eigenvalue weighted by Gasteiger charge is 2.48. The number of nitriles is 1. The number of allylic oxidation sites excluding steroid dienone is 1. The molecule has 232 valence electrons. The van der Waals surface area contributed by atoms with Crippen LogP contribution >= 0.6 is 0 Å². The molecule has 1 aromatic carbocycles. The van der Waals surface area contributed by atoms with Crippen LogP contribution in [-0.4, -0.2) is 50.4 Å². The minimum atomic E-state index is -4.66. The van der Waals surface area contributed by atoms with Crippen molar-refractivity contribution >= 4 is 17.8 Å². The zero-order valence-electron chi connectivity index (χ0n) is 23.2. The number of rotatable bonds is 8. The monoisotopic (exact) mass is 617 g/mol. The number of aromatic nitrogens is 3. The number of alkyl carbamates (subject to hydrolysis) is 1. The minimum absolute atomic E-state index is 0.0135. The van der Waals surface area contributed by atoms with Gasteiger partial charge in [0, 0.05) is 0 Å². The number of alkyl halides is 3. The largest absolute Gasteiger partial charge is 0.445 e. The molecular weight excluding hydrogens is 589 g/mol. The summed E-state index contributed by atoms with van der Waals surface area (Å²) in [4.78, 5) is 30.8. The molecule has 1 aliphatic carbocycles. The number of hydrogen-bond donors (Lipinski definition) is 2. The van der Waals surface area contributed by atoms with Crippen LogP contribution in [0.1, 0.15) is 61.0 Å². The molecule has 0 bridgehead atoms. The Bertz CT molecular complexity index is 1570. The van der Waals surface area contributed by atoms with Crippen molar-refractivity contribution in [3.05, 3.63) is 77.3 Å². The van der Waals surface area contributed by atoms with Crippen molar-refractivity contribution in [2.24, 2.45) is 5.92 Å². The molecule has 1 aliphatic heterocycles. The number of nitrogens with one attached hydrogen (secondary N) is 2. The van der Waals surface area contributed by atoms with Crippen molar-refractivity contribution in [2.45, 2.75) is 63.0 Å². The van der Waals surface area contributed by atoms with Crippen LogP contribution in [0.3, 0.4) is 0 Å². The van der Waals surface area contributed by atoms with Crippen LogP contribution in [0.15, 0.2) is 60.4 Å². The average Bonchev–Trinajstić information content (AvgIpc) is 3.61. The summed E-state index contributed by atoms with van der Waals surface area (Å²) in [6, 6.07) is 7.69. The van der Waals surface area contributed by atoms with Gasteiger partial charge in [-0.3, -0.25) is 0 Å². The summed E-state index contributed by atoms with van der Waals surface area (Å²) in [5.74, 6) is -0.259. The highest BCUT2D eigenvalue weighted by atomic mass is 19.4. The molecule has 44 heavy (non-hydrogen) atoms. The van der Waals surface area contributed by atoms with Crippen LogP contribution in [-0.2, 0) is 11.3 Å². The van der Waals surface area contributed by atoms with E-state index in [-0.39, 0.29) is 43.0 Å². The Morgan fingerprint density at radius 2 is 1.93 bits per heavy atom. The lowest BCUT2D eigenvalue weighted by molar-refractivity contribution is -0.150. The maximum atomic E-state index is 13.3. The second-order valence-corrected chi connectivity index (χ2v) is 10.7. The molecule has 10 nitrogen and oxygen atoms in total. The number of halogens is 5. The molecule has 2 fully saturated rings. The van der Waals surface area contributed by atoms with E-state index in [0.717, 1.165) is 10.5 Å². The molecule has 15 heteroatoms. The minimum Gasteiger partial charge on any atom is -0.445 e. The van der Waals surface area contributed by atoms with Crippen molar-refractivity contribution in [1.29, 1.82) is 5.26 Å². The van der Waals surface area contributed by atoms with Gasteiger partial charge in [-0.1, -0.05) is 30.3 Å². The first-order chi connectivity index (χ1) is 21.0. The van der Waals surface area contributed by atoms with E-state index in [9.17, 15) is 36.8 Å². The molecule has 1 unspecified atom stereocenters. The van der Waals surface area contributed by atoms with Gasteiger partial charge in [0.1, 0.15) is 12.6 Å². The predicted octanol–water partition coefficient (Wildman–Crippen LogP) is 5.95. The van der Waals surface area contributed by atoms with E-state index in [0.29, 0.717) is 24.1 Å². The molecule has 3 heterocycles. The van der Waals surface area contributed by atoms with E-state index in [1.807, 2.05) is 17.5 Å². The number of urea groups is 1. The van der Waals surface area contributed by atoms with E-state index in [1.165, 1.54) is 16.8 Å². The smallest absolute Gasteiger partial charge is 0.410 e. The fourth-order valence-electron chi connectivity index (χ4n) is 5.58. The van der Waals surface area contributed by atoms with Gasteiger partial charge < -0.3 is 20.3 Å². The zero-order chi connectivity index (χ0) is 31.4. The Kier molecular flexibility index (Phi) is 8.98. The molecule has 1 saturated carbocycles. The molecule has 3 amide bonds. The number of carbonyl (C=O) groups excluding carboxylic acids is 2. The summed E-state index contributed by atoms with van der Waals surface area (Å²) >= 11 is 0. The molecule has 0 spiro atoms.